The fourth-order valence-electron chi connectivity index (χ4n) is 1.61. The van der Waals surface area contributed by atoms with Crippen molar-refractivity contribution in [2.45, 2.75) is 32.9 Å². The van der Waals surface area contributed by atoms with Crippen LogP contribution in [0.4, 0.5) is 4.39 Å². The zero-order valence-electron chi connectivity index (χ0n) is 10.1. The van der Waals surface area contributed by atoms with Gasteiger partial charge in [-0.2, -0.15) is 0 Å². The summed E-state index contributed by atoms with van der Waals surface area (Å²) in [5.74, 6) is -0.916. The van der Waals surface area contributed by atoms with Crippen LogP contribution >= 0.6 is 0 Å². The molecule has 0 aromatic heterocycles. The van der Waals surface area contributed by atoms with Crippen molar-refractivity contribution in [3.8, 4) is 0 Å². The minimum Gasteiger partial charge on any atom is -0.481 e. The van der Waals surface area contributed by atoms with Crippen molar-refractivity contribution in [1.29, 1.82) is 0 Å². The molecule has 0 saturated heterocycles. The van der Waals surface area contributed by atoms with Crippen LogP contribution in [0.5, 0.6) is 0 Å². The van der Waals surface area contributed by atoms with E-state index >= 15 is 0 Å². The lowest BCUT2D eigenvalue weighted by Gasteiger charge is -2.20. The summed E-state index contributed by atoms with van der Waals surface area (Å²) >= 11 is 0. The number of aliphatic carboxylic acids is 1. The number of nitrogens with one attached hydrogen (secondary N) is 1. The van der Waals surface area contributed by atoms with Crippen molar-refractivity contribution < 1.29 is 14.3 Å². The van der Waals surface area contributed by atoms with Gasteiger partial charge in [-0.05, 0) is 12.0 Å². The number of benzene rings is 1. The maximum absolute atomic E-state index is 13.3. The molecule has 1 atom stereocenters. The molecule has 2 N–H and O–H groups in total. The quantitative estimate of drug-likeness (QED) is 0.801. The molecule has 0 fully saturated rings. The van der Waals surface area contributed by atoms with Crippen molar-refractivity contribution >= 4 is 5.97 Å². The van der Waals surface area contributed by atoms with E-state index in [9.17, 15) is 9.18 Å². The van der Waals surface area contributed by atoms with Gasteiger partial charge in [0.25, 0.3) is 0 Å². The van der Waals surface area contributed by atoms with Gasteiger partial charge in [-0.3, -0.25) is 4.79 Å². The molecule has 3 nitrogen and oxygen atoms in total. The van der Waals surface area contributed by atoms with Gasteiger partial charge in [-0.1, -0.05) is 32.0 Å². The highest BCUT2D eigenvalue weighted by molar-refractivity contribution is 5.67. The Hall–Kier alpha value is -1.42. The zero-order valence-corrected chi connectivity index (χ0v) is 10.1. The lowest BCUT2D eigenvalue weighted by molar-refractivity contribution is -0.137. The molecule has 0 heterocycles. The number of hydrogen-bond acceptors (Lipinski definition) is 2. The third kappa shape index (κ3) is 4.53. The minimum atomic E-state index is -0.843. The fourth-order valence-corrected chi connectivity index (χ4v) is 1.61. The molecule has 0 radical (unpaired) electrons. The molecule has 0 aliphatic rings. The average Bonchev–Trinajstić information content (AvgIpc) is 2.25. The molecule has 94 valence electrons. The number of carboxylic acid groups (broad SMARTS) is 1. The highest BCUT2D eigenvalue weighted by Gasteiger charge is 2.16. The van der Waals surface area contributed by atoms with Gasteiger partial charge in [-0.25, -0.2) is 4.39 Å². The summed E-state index contributed by atoms with van der Waals surface area (Å²) in [4.78, 5) is 10.7. The van der Waals surface area contributed by atoms with Crippen LogP contribution in [0.3, 0.4) is 0 Å². The molecule has 4 heteroatoms. The summed E-state index contributed by atoms with van der Waals surface area (Å²) < 4.78 is 13.3. The molecule has 0 aliphatic carbocycles. The van der Waals surface area contributed by atoms with Crippen LogP contribution in [0, 0.1) is 11.7 Å². The smallest absolute Gasteiger partial charge is 0.304 e. The summed E-state index contributed by atoms with van der Waals surface area (Å²) in [5, 5.41) is 11.9. The first kappa shape index (κ1) is 13.6. The van der Waals surface area contributed by atoms with Crippen LogP contribution in [0.1, 0.15) is 25.8 Å². The van der Waals surface area contributed by atoms with Gasteiger partial charge in [0.2, 0.25) is 0 Å². The zero-order chi connectivity index (χ0) is 12.8. The van der Waals surface area contributed by atoms with Gasteiger partial charge in [0.15, 0.2) is 0 Å². The highest BCUT2D eigenvalue weighted by atomic mass is 19.1. The summed E-state index contributed by atoms with van der Waals surface area (Å²) in [6.45, 7) is 4.24. The Kier molecular flexibility index (Phi) is 5.10. The predicted molar refractivity (Wildman–Crippen MR) is 64.1 cm³/mol. The van der Waals surface area contributed by atoms with Crippen molar-refractivity contribution in [2.24, 2.45) is 5.92 Å². The Morgan fingerprint density at radius 3 is 2.59 bits per heavy atom. The van der Waals surface area contributed by atoms with E-state index in [-0.39, 0.29) is 24.2 Å². The van der Waals surface area contributed by atoms with Crippen LogP contribution in [0.2, 0.25) is 0 Å². The minimum absolute atomic E-state index is 0.0477. The summed E-state index contributed by atoms with van der Waals surface area (Å²) in [5.41, 5.74) is 0.559. The Morgan fingerprint density at radius 2 is 2.06 bits per heavy atom. The maximum atomic E-state index is 13.3. The van der Waals surface area contributed by atoms with E-state index in [0.29, 0.717) is 12.1 Å². The van der Waals surface area contributed by atoms with E-state index < -0.39 is 5.97 Å². The van der Waals surface area contributed by atoms with Crippen molar-refractivity contribution in [3.63, 3.8) is 0 Å². The van der Waals surface area contributed by atoms with Crippen LogP contribution in [0.25, 0.3) is 0 Å². The normalized spacial score (nSPS) is 12.7. The van der Waals surface area contributed by atoms with E-state index in [0.717, 1.165) is 0 Å². The van der Waals surface area contributed by atoms with Crippen molar-refractivity contribution in [1.82, 2.24) is 5.32 Å². The molecule has 1 aromatic carbocycles. The van der Waals surface area contributed by atoms with Crippen molar-refractivity contribution in [2.75, 3.05) is 0 Å². The highest BCUT2D eigenvalue weighted by Crippen LogP contribution is 2.10. The van der Waals surface area contributed by atoms with E-state index in [1.807, 2.05) is 13.8 Å². The fraction of sp³-hybridized carbons (Fsp3) is 0.462. The monoisotopic (exact) mass is 239 g/mol. The average molecular weight is 239 g/mol. The number of carboxylic acids is 1. The maximum Gasteiger partial charge on any atom is 0.304 e. The van der Waals surface area contributed by atoms with Gasteiger partial charge in [-0.15, -0.1) is 0 Å². The lowest BCUT2D eigenvalue weighted by Crippen LogP contribution is -2.35. The molecule has 0 unspecified atom stereocenters. The SMILES string of the molecule is CC(C)[C@H](CC(=O)O)NCc1ccccc1F. The van der Waals surface area contributed by atoms with Crippen LogP contribution < -0.4 is 5.32 Å². The van der Waals surface area contributed by atoms with Gasteiger partial charge in [0.05, 0.1) is 6.42 Å². The standard InChI is InChI=1S/C13H18FNO2/c1-9(2)12(7-13(16)17)15-8-10-5-3-4-6-11(10)14/h3-6,9,12,15H,7-8H2,1-2H3,(H,16,17)/t12-/m0/s1. The molecule has 1 aromatic rings. The summed E-state index contributed by atoms with van der Waals surface area (Å²) in [6, 6.07) is 6.35. The Labute approximate surface area is 101 Å². The van der Waals surface area contributed by atoms with Gasteiger partial charge in [0, 0.05) is 18.2 Å². The molecular weight excluding hydrogens is 221 g/mol. The molecule has 1 rings (SSSR count). The van der Waals surface area contributed by atoms with E-state index in [1.54, 1.807) is 18.2 Å². The van der Waals surface area contributed by atoms with Crippen LogP contribution in [0.15, 0.2) is 24.3 Å². The number of hydrogen-bond donors (Lipinski definition) is 2. The molecule has 17 heavy (non-hydrogen) atoms. The van der Waals surface area contributed by atoms with E-state index in [1.165, 1.54) is 6.07 Å². The second kappa shape index (κ2) is 6.35. The third-order valence-corrected chi connectivity index (χ3v) is 2.71. The third-order valence-electron chi connectivity index (χ3n) is 2.71. The van der Waals surface area contributed by atoms with E-state index in [2.05, 4.69) is 5.32 Å². The predicted octanol–water partition coefficient (Wildman–Crippen LogP) is 2.41. The summed E-state index contributed by atoms with van der Waals surface area (Å²) in [7, 11) is 0. The van der Waals surface area contributed by atoms with E-state index in [4.69, 9.17) is 5.11 Å². The molecule has 0 saturated carbocycles. The number of carbonyl (C=O) groups is 1. The molecule has 0 bridgehead atoms. The second-order valence-electron chi connectivity index (χ2n) is 4.42. The Morgan fingerprint density at radius 1 is 1.41 bits per heavy atom. The van der Waals surface area contributed by atoms with Gasteiger partial charge < -0.3 is 10.4 Å². The largest absolute Gasteiger partial charge is 0.481 e. The lowest BCUT2D eigenvalue weighted by atomic mass is 10.0. The number of halogens is 1. The van der Waals surface area contributed by atoms with Gasteiger partial charge >= 0.3 is 5.97 Å². The van der Waals surface area contributed by atoms with Crippen LogP contribution in [-0.2, 0) is 11.3 Å². The molecule has 0 spiro atoms. The first-order chi connectivity index (χ1) is 8.00. The van der Waals surface area contributed by atoms with Crippen molar-refractivity contribution in [3.05, 3.63) is 35.6 Å². The molecular formula is C13H18FNO2. The Balaban J connectivity index is 2.58. The van der Waals surface area contributed by atoms with Gasteiger partial charge in [0.1, 0.15) is 5.82 Å². The molecule has 0 aliphatic heterocycles. The molecule has 0 amide bonds. The first-order valence-corrected chi connectivity index (χ1v) is 5.69. The van der Waals surface area contributed by atoms with Crippen LogP contribution in [-0.4, -0.2) is 17.1 Å². The first-order valence-electron chi connectivity index (χ1n) is 5.69. The number of rotatable bonds is 6. The Bertz CT molecular complexity index is 379. The summed E-state index contributed by atoms with van der Waals surface area (Å²) in [6.07, 6.45) is 0.0477. The second-order valence-corrected chi connectivity index (χ2v) is 4.42. The topological polar surface area (TPSA) is 49.3 Å².